The number of hydrogen-bond acceptors (Lipinski definition) is 3. The van der Waals surface area contributed by atoms with Crippen molar-refractivity contribution in [3.05, 3.63) is 35.7 Å². The lowest BCUT2D eigenvalue weighted by molar-refractivity contribution is 0.585. The quantitative estimate of drug-likeness (QED) is 0.868. The first-order valence-electron chi connectivity index (χ1n) is 5.90. The van der Waals surface area contributed by atoms with Crippen LogP contribution in [0.3, 0.4) is 0 Å². The molecule has 0 aliphatic rings. The Bertz CT molecular complexity index is 497. The summed E-state index contributed by atoms with van der Waals surface area (Å²) in [6.07, 6.45) is 4.84. The second-order valence-electron chi connectivity index (χ2n) is 4.29. The minimum atomic E-state index is -0.220. The summed E-state index contributed by atoms with van der Waals surface area (Å²) in [5.41, 5.74) is 8.23. The highest BCUT2D eigenvalue weighted by Crippen LogP contribution is 2.18. The topological polar surface area (TPSA) is 61.7 Å². The van der Waals surface area contributed by atoms with Gasteiger partial charge in [-0.3, -0.25) is 4.68 Å². The van der Waals surface area contributed by atoms with E-state index < -0.39 is 0 Å². The van der Waals surface area contributed by atoms with E-state index in [9.17, 15) is 0 Å². The number of nitrogens with zero attached hydrogens (tertiary/aromatic N) is 4. The Morgan fingerprint density at radius 3 is 2.82 bits per heavy atom. The zero-order valence-corrected chi connectivity index (χ0v) is 10.6. The minimum Gasteiger partial charge on any atom is -0.333 e. The molecule has 2 rings (SSSR count). The van der Waals surface area contributed by atoms with Crippen molar-refractivity contribution >= 4 is 0 Å². The van der Waals surface area contributed by atoms with Crippen LogP contribution in [0.1, 0.15) is 36.6 Å². The van der Waals surface area contributed by atoms with E-state index in [-0.39, 0.29) is 6.04 Å². The molecule has 0 bridgehead atoms. The van der Waals surface area contributed by atoms with Crippen molar-refractivity contribution in [2.75, 3.05) is 0 Å². The molecule has 2 N–H and O–H groups in total. The molecule has 2 aromatic heterocycles. The van der Waals surface area contributed by atoms with Crippen molar-refractivity contribution in [3.63, 3.8) is 0 Å². The standard InChI is InChI=1S/C12H19N5/c1-4-6-17-7-5-14-12(17)11(13)10-8-9(2)15-16(10)3/h5,7-8,11H,4,6,13H2,1-3H3. The van der Waals surface area contributed by atoms with Gasteiger partial charge in [0.25, 0.3) is 0 Å². The lowest BCUT2D eigenvalue weighted by Crippen LogP contribution is -2.20. The Morgan fingerprint density at radius 1 is 1.47 bits per heavy atom. The van der Waals surface area contributed by atoms with Crippen LogP contribution in [0, 0.1) is 6.92 Å². The molecular weight excluding hydrogens is 214 g/mol. The van der Waals surface area contributed by atoms with Crippen LogP contribution in [0.2, 0.25) is 0 Å². The molecule has 0 saturated carbocycles. The summed E-state index contributed by atoms with van der Waals surface area (Å²) in [7, 11) is 1.91. The van der Waals surface area contributed by atoms with Crippen molar-refractivity contribution in [2.24, 2.45) is 12.8 Å². The van der Waals surface area contributed by atoms with Gasteiger partial charge < -0.3 is 10.3 Å². The Balaban J connectivity index is 2.33. The van der Waals surface area contributed by atoms with Gasteiger partial charge >= 0.3 is 0 Å². The molecule has 0 amide bonds. The van der Waals surface area contributed by atoms with Crippen molar-refractivity contribution < 1.29 is 0 Å². The van der Waals surface area contributed by atoms with E-state index in [1.807, 2.05) is 30.9 Å². The van der Waals surface area contributed by atoms with E-state index in [0.29, 0.717) is 0 Å². The highest BCUT2D eigenvalue weighted by Gasteiger charge is 2.18. The van der Waals surface area contributed by atoms with Gasteiger partial charge in [-0.15, -0.1) is 0 Å². The van der Waals surface area contributed by atoms with Gasteiger partial charge in [-0.1, -0.05) is 6.92 Å². The summed E-state index contributed by atoms with van der Waals surface area (Å²) < 4.78 is 3.93. The van der Waals surface area contributed by atoms with Crippen molar-refractivity contribution in [2.45, 2.75) is 32.9 Å². The first-order chi connectivity index (χ1) is 8.13. The first-order valence-corrected chi connectivity index (χ1v) is 5.90. The lowest BCUT2D eigenvalue weighted by Gasteiger charge is -2.13. The smallest absolute Gasteiger partial charge is 0.131 e. The second-order valence-corrected chi connectivity index (χ2v) is 4.29. The van der Waals surface area contributed by atoms with Crippen LogP contribution in [0.5, 0.6) is 0 Å². The zero-order valence-electron chi connectivity index (χ0n) is 10.6. The van der Waals surface area contributed by atoms with Gasteiger partial charge in [0.05, 0.1) is 11.4 Å². The van der Waals surface area contributed by atoms with E-state index in [2.05, 4.69) is 21.6 Å². The van der Waals surface area contributed by atoms with Crippen molar-refractivity contribution in [1.29, 1.82) is 0 Å². The van der Waals surface area contributed by atoms with Gasteiger partial charge in [-0.2, -0.15) is 5.10 Å². The van der Waals surface area contributed by atoms with Crippen LogP contribution >= 0.6 is 0 Å². The highest BCUT2D eigenvalue weighted by atomic mass is 15.3. The van der Waals surface area contributed by atoms with Gasteiger partial charge in [-0.05, 0) is 19.4 Å². The average molecular weight is 233 g/mol. The van der Waals surface area contributed by atoms with E-state index in [1.165, 1.54) is 0 Å². The maximum atomic E-state index is 6.26. The minimum absolute atomic E-state index is 0.220. The molecule has 2 heterocycles. The second kappa shape index (κ2) is 4.71. The fraction of sp³-hybridized carbons (Fsp3) is 0.500. The maximum absolute atomic E-state index is 6.26. The number of aryl methyl sites for hydroxylation is 3. The Hall–Kier alpha value is -1.62. The molecule has 0 spiro atoms. The van der Waals surface area contributed by atoms with Crippen molar-refractivity contribution in [1.82, 2.24) is 19.3 Å². The Morgan fingerprint density at radius 2 is 2.24 bits per heavy atom. The largest absolute Gasteiger partial charge is 0.333 e. The predicted octanol–water partition coefficient (Wildman–Crippen LogP) is 1.38. The molecule has 0 radical (unpaired) electrons. The fourth-order valence-electron chi connectivity index (χ4n) is 2.08. The van der Waals surface area contributed by atoms with Gasteiger partial charge in [0, 0.05) is 26.0 Å². The van der Waals surface area contributed by atoms with E-state index in [1.54, 1.807) is 6.20 Å². The highest BCUT2D eigenvalue weighted by molar-refractivity contribution is 5.20. The third kappa shape index (κ3) is 2.24. The summed E-state index contributed by atoms with van der Waals surface area (Å²) in [6, 6.07) is 1.79. The fourth-order valence-corrected chi connectivity index (χ4v) is 2.08. The number of nitrogens with two attached hydrogens (primary N) is 1. The molecule has 0 saturated heterocycles. The number of aromatic nitrogens is 4. The molecule has 0 aliphatic carbocycles. The predicted molar refractivity (Wildman–Crippen MR) is 66.5 cm³/mol. The van der Waals surface area contributed by atoms with E-state index in [4.69, 9.17) is 5.73 Å². The normalized spacial score (nSPS) is 12.9. The molecule has 5 nitrogen and oxygen atoms in total. The molecule has 0 fully saturated rings. The zero-order chi connectivity index (χ0) is 12.4. The lowest BCUT2D eigenvalue weighted by atomic mass is 10.2. The summed E-state index contributed by atoms with van der Waals surface area (Å²) >= 11 is 0. The van der Waals surface area contributed by atoms with Crippen molar-refractivity contribution in [3.8, 4) is 0 Å². The van der Waals surface area contributed by atoms with Gasteiger partial charge in [-0.25, -0.2) is 4.98 Å². The first kappa shape index (κ1) is 11.9. The third-order valence-corrected chi connectivity index (χ3v) is 2.85. The monoisotopic (exact) mass is 233 g/mol. The summed E-state index contributed by atoms with van der Waals surface area (Å²) in [5.74, 6) is 0.898. The van der Waals surface area contributed by atoms with E-state index in [0.717, 1.165) is 30.2 Å². The molecule has 0 aromatic carbocycles. The molecule has 5 heteroatoms. The SMILES string of the molecule is CCCn1ccnc1C(N)c1cc(C)nn1C. The molecule has 92 valence electrons. The molecule has 2 aromatic rings. The molecule has 1 atom stereocenters. The Kier molecular flexibility index (Phi) is 3.28. The summed E-state index contributed by atoms with van der Waals surface area (Å²) in [6.45, 7) is 5.05. The molecule has 17 heavy (non-hydrogen) atoms. The van der Waals surface area contributed by atoms with Crippen LogP contribution in [0.4, 0.5) is 0 Å². The van der Waals surface area contributed by atoms with Crippen LogP contribution in [0.15, 0.2) is 18.5 Å². The Labute approximate surface area is 101 Å². The number of rotatable bonds is 4. The number of hydrogen-bond donors (Lipinski definition) is 1. The number of imidazole rings is 1. The summed E-state index contributed by atoms with van der Waals surface area (Å²) in [4.78, 5) is 4.36. The maximum Gasteiger partial charge on any atom is 0.131 e. The van der Waals surface area contributed by atoms with Crippen LogP contribution in [0.25, 0.3) is 0 Å². The molecule has 0 aliphatic heterocycles. The van der Waals surface area contributed by atoms with Gasteiger partial charge in [0.1, 0.15) is 11.9 Å². The van der Waals surface area contributed by atoms with Crippen LogP contribution < -0.4 is 5.73 Å². The summed E-state index contributed by atoms with van der Waals surface area (Å²) in [5, 5.41) is 4.32. The van der Waals surface area contributed by atoms with Gasteiger partial charge in [0.2, 0.25) is 0 Å². The van der Waals surface area contributed by atoms with E-state index >= 15 is 0 Å². The third-order valence-electron chi connectivity index (χ3n) is 2.85. The average Bonchev–Trinajstić information content (AvgIpc) is 2.85. The van der Waals surface area contributed by atoms with Crippen LogP contribution in [-0.4, -0.2) is 19.3 Å². The molecule has 1 unspecified atom stereocenters. The molecular formula is C12H19N5. The van der Waals surface area contributed by atoms with Crippen LogP contribution in [-0.2, 0) is 13.6 Å². The van der Waals surface area contributed by atoms with Gasteiger partial charge in [0.15, 0.2) is 0 Å².